The lowest BCUT2D eigenvalue weighted by atomic mass is 10.1. The molecule has 1 aliphatic heterocycles. The number of benzene rings is 1. The maximum atomic E-state index is 13.1. The predicted octanol–water partition coefficient (Wildman–Crippen LogP) is 4.37. The van der Waals surface area contributed by atoms with Crippen LogP contribution in [0.1, 0.15) is 53.8 Å². The van der Waals surface area contributed by atoms with Crippen LogP contribution in [0.25, 0.3) is 0 Å². The molecule has 0 spiro atoms. The number of H-pyrrole nitrogens is 1. The Morgan fingerprint density at radius 2 is 2.03 bits per heavy atom. The van der Waals surface area contributed by atoms with Crippen molar-refractivity contribution < 1.29 is 23.7 Å². The van der Waals surface area contributed by atoms with Crippen LogP contribution in [0.4, 0.5) is 0 Å². The summed E-state index contributed by atoms with van der Waals surface area (Å²) < 4.78 is 22.6. The number of aromatic amines is 1. The Bertz CT molecular complexity index is 908. The van der Waals surface area contributed by atoms with Crippen molar-refractivity contribution in [2.24, 2.45) is 0 Å². The highest BCUT2D eigenvalue weighted by Gasteiger charge is 2.23. The van der Waals surface area contributed by atoms with Crippen LogP contribution in [0.3, 0.4) is 0 Å². The van der Waals surface area contributed by atoms with Crippen LogP contribution >= 0.6 is 15.9 Å². The second-order valence-electron chi connectivity index (χ2n) is 7.35. The summed E-state index contributed by atoms with van der Waals surface area (Å²) in [5, 5.41) is 0. The molecule has 1 aliphatic rings. The van der Waals surface area contributed by atoms with Crippen molar-refractivity contribution in [2.45, 2.75) is 51.6 Å². The van der Waals surface area contributed by atoms with Gasteiger partial charge in [-0.15, -0.1) is 0 Å². The molecule has 1 N–H and O–H groups in total. The summed E-state index contributed by atoms with van der Waals surface area (Å²) in [6, 6.07) is 9.49. The van der Waals surface area contributed by atoms with Crippen molar-refractivity contribution in [1.29, 1.82) is 0 Å². The number of aromatic nitrogens is 1. The molecule has 168 valence electrons. The second kappa shape index (κ2) is 12.1. The molecule has 2 heterocycles. The summed E-state index contributed by atoms with van der Waals surface area (Å²) in [6.07, 6.45) is 3.35. The lowest BCUT2D eigenvalue weighted by Crippen LogP contribution is -2.24. The lowest BCUT2D eigenvalue weighted by molar-refractivity contribution is -0.169. The van der Waals surface area contributed by atoms with Crippen LogP contribution in [0, 0.1) is 0 Å². The smallest absolute Gasteiger partial charge is 0.238 e. The molecule has 1 unspecified atom stereocenters. The van der Waals surface area contributed by atoms with Gasteiger partial charge in [0.2, 0.25) is 5.43 Å². The summed E-state index contributed by atoms with van der Waals surface area (Å²) in [6.45, 7) is 1.43. The van der Waals surface area contributed by atoms with Gasteiger partial charge in [-0.2, -0.15) is 0 Å². The van der Waals surface area contributed by atoms with Crippen LogP contribution in [0.15, 0.2) is 39.6 Å². The van der Waals surface area contributed by atoms with E-state index in [1.165, 1.54) is 0 Å². The molecule has 31 heavy (non-hydrogen) atoms. The van der Waals surface area contributed by atoms with Gasteiger partial charge in [0.1, 0.15) is 12.3 Å². The van der Waals surface area contributed by atoms with Gasteiger partial charge in [0, 0.05) is 26.7 Å². The van der Waals surface area contributed by atoms with Gasteiger partial charge in [-0.25, -0.2) is 0 Å². The van der Waals surface area contributed by atoms with Crippen LogP contribution in [-0.2, 0) is 27.4 Å². The fourth-order valence-corrected chi connectivity index (χ4v) is 3.69. The van der Waals surface area contributed by atoms with E-state index in [0.29, 0.717) is 29.8 Å². The Morgan fingerprint density at radius 1 is 1.23 bits per heavy atom. The maximum absolute atomic E-state index is 13.1. The predicted molar refractivity (Wildman–Crippen MR) is 119 cm³/mol. The van der Waals surface area contributed by atoms with E-state index in [1.807, 2.05) is 30.3 Å². The molecule has 1 aromatic heterocycles. The quantitative estimate of drug-likeness (QED) is 0.369. The van der Waals surface area contributed by atoms with E-state index in [1.54, 1.807) is 7.11 Å². The number of pyridine rings is 1. The van der Waals surface area contributed by atoms with E-state index in [2.05, 4.69) is 20.9 Å². The molecule has 0 radical (unpaired) electrons. The van der Waals surface area contributed by atoms with Crippen molar-refractivity contribution in [2.75, 3.05) is 20.3 Å². The number of Topliss-reactive ketones (excluding diaryl/α,β-unsaturated/α-hetero) is 1. The van der Waals surface area contributed by atoms with Crippen LogP contribution in [-0.4, -0.2) is 37.4 Å². The first-order valence-electron chi connectivity index (χ1n) is 10.5. The third-order valence-corrected chi connectivity index (χ3v) is 5.82. The highest BCUT2D eigenvalue weighted by atomic mass is 79.9. The zero-order valence-corrected chi connectivity index (χ0v) is 19.2. The summed E-state index contributed by atoms with van der Waals surface area (Å²) in [5.74, 6) is -0.198. The summed E-state index contributed by atoms with van der Waals surface area (Å²) in [5.41, 5.74) is 1.16. The van der Waals surface area contributed by atoms with E-state index in [4.69, 9.17) is 18.9 Å². The van der Waals surface area contributed by atoms with Gasteiger partial charge in [-0.05, 0) is 47.2 Å². The zero-order chi connectivity index (χ0) is 22.1. The molecule has 0 bridgehead atoms. The van der Waals surface area contributed by atoms with Gasteiger partial charge in [-0.1, -0.05) is 30.3 Å². The first-order valence-corrected chi connectivity index (χ1v) is 11.3. The molecule has 0 aliphatic carbocycles. The van der Waals surface area contributed by atoms with E-state index in [0.717, 1.165) is 24.8 Å². The topological polar surface area (TPSA) is 86.9 Å². The Balaban J connectivity index is 1.83. The Morgan fingerprint density at radius 3 is 2.74 bits per heavy atom. The molecule has 7 nitrogen and oxygen atoms in total. The standard InChI is InChI=1S/C23H28BrNO6/c1-28-12-7-10-18(26)21-23(31-14-16-8-3-2-4-9-16)22(27)20(24)17(25-21)15-30-19-11-5-6-13-29-19/h2-4,8-9,19H,5-7,10-15H2,1H3,(H,25,27). The lowest BCUT2D eigenvalue weighted by Gasteiger charge is -2.23. The first kappa shape index (κ1) is 23.7. The fourth-order valence-electron chi connectivity index (χ4n) is 3.30. The molecular formula is C23H28BrNO6. The van der Waals surface area contributed by atoms with Gasteiger partial charge in [0.15, 0.2) is 17.8 Å². The number of ketones is 1. The number of carbonyl (C=O) groups excluding carboxylic acids is 1. The van der Waals surface area contributed by atoms with Crippen LogP contribution < -0.4 is 10.2 Å². The zero-order valence-electron chi connectivity index (χ0n) is 17.7. The minimum atomic E-state index is -0.382. The van der Waals surface area contributed by atoms with Gasteiger partial charge in [-0.3, -0.25) is 9.59 Å². The molecule has 0 amide bonds. The van der Waals surface area contributed by atoms with Crippen molar-refractivity contribution >= 4 is 21.7 Å². The molecule has 1 aromatic carbocycles. The summed E-state index contributed by atoms with van der Waals surface area (Å²) in [7, 11) is 1.59. The first-order chi connectivity index (χ1) is 15.1. The number of hydrogen-bond donors (Lipinski definition) is 1. The van der Waals surface area contributed by atoms with E-state index in [-0.39, 0.29) is 48.6 Å². The Labute approximate surface area is 190 Å². The van der Waals surface area contributed by atoms with Gasteiger partial charge >= 0.3 is 0 Å². The minimum Gasteiger partial charge on any atom is -0.483 e. The van der Waals surface area contributed by atoms with Gasteiger partial charge < -0.3 is 23.9 Å². The molecule has 8 heteroatoms. The maximum Gasteiger partial charge on any atom is 0.238 e. The number of ether oxygens (including phenoxy) is 4. The van der Waals surface area contributed by atoms with E-state index < -0.39 is 0 Å². The number of hydrogen-bond acceptors (Lipinski definition) is 6. The molecule has 0 saturated carbocycles. The summed E-state index contributed by atoms with van der Waals surface area (Å²) in [4.78, 5) is 29.0. The number of rotatable bonds is 11. The fraction of sp³-hybridized carbons (Fsp3) is 0.478. The van der Waals surface area contributed by atoms with Crippen LogP contribution in [0.5, 0.6) is 5.75 Å². The van der Waals surface area contributed by atoms with Crippen molar-refractivity contribution in [3.63, 3.8) is 0 Å². The van der Waals surface area contributed by atoms with Gasteiger partial charge in [0.25, 0.3) is 0 Å². The highest BCUT2D eigenvalue weighted by Crippen LogP contribution is 2.24. The number of nitrogens with one attached hydrogen (secondary N) is 1. The summed E-state index contributed by atoms with van der Waals surface area (Å²) >= 11 is 3.35. The van der Waals surface area contributed by atoms with Crippen molar-refractivity contribution in [3.05, 3.63) is 62.0 Å². The Hall–Kier alpha value is -2.00. The van der Waals surface area contributed by atoms with Crippen molar-refractivity contribution in [3.8, 4) is 5.75 Å². The third-order valence-electron chi connectivity index (χ3n) is 4.98. The largest absolute Gasteiger partial charge is 0.483 e. The van der Waals surface area contributed by atoms with E-state index in [9.17, 15) is 9.59 Å². The number of halogens is 1. The SMILES string of the molecule is COCCCC(=O)c1[nH]c(COC2CCCCO2)c(Br)c(=O)c1OCc1ccccc1. The van der Waals surface area contributed by atoms with Gasteiger partial charge in [0.05, 0.1) is 16.8 Å². The monoisotopic (exact) mass is 493 g/mol. The average Bonchev–Trinajstić information content (AvgIpc) is 2.80. The molecular weight excluding hydrogens is 466 g/mol. The normalized spacial score (nSPS) is 16.3. The van der Waals surface area contributed by atoms with Crippen LogP contribution in [0.2, 0.25) is 0 Å². The third kappa shape index (κ3) is 6.74. The molecule has 2 aromatic rings. The Kier molecular flexibility index (Phi) is 9.27. The molecule has 1 saturated heterocycles. The molecule has 1 atom stereocenters. The number of carbonyl (C=O) groups is 1. The average molecular weight is 494 g/mol. The molecule has 3 rings (SSSR count). The second-order valence-corrected chi connectivity index (χ2v) is 8.14. The minimum absolute atomic E-state index is 0.0100. The molecule has 1 fully saturated rings. The van der Waals surface area contributed by atoms with E-state index >= 15 is 0 Å². The highest BCUT2D eigenvalue weighted by molar-refractivity contribution is 9.10. The van der Waals surface area contributed by atoms with Crippen molar-refractivity contribution in [1.82, 2.24) is 4.98 Å². The number of methoxy groups -OCH3 is 1.